The van der Waals surface area contributed by atoms with E-state index in [0.29, 0.717) is 12.1 Å². The van der Waals surface area contributed by atoms with Gasteiger partial charge < -0.3 is 20.1 Å². The number of nitrogens with one attached hydrogen (secondary N) is 2. The third-order valence-electron chi connectivity index (χ3n) is 3.02. The summed E-state index contributed by atoms with van der Waals surface area (Å²) in [6, 6.07) is 5.24. The Morgan fingerprint density at radius 3 is 2.35 bits per heavy atom. The average Bonchev–Trinajstić information content (AvgIpc) is 2.52. The first-order chi connectivity index (χ1) is 12.1. The first kappa shape index (κ1) is 21.4. The molecule has 0 saturated carbocycles. The van der Waals surface area contributed by atoms with Crippen LogP contribution in [0.1, 0.15) is 40.5 Å². The van der Waals surface area contributed by atoms with Crippen molar-refractivity contribution in [2.24, 2.45) is 0 Å². The molecule has 1 aromatic carbocycles. The Hall–Kier alpha value is -2.64. The van der Waals surface area contributed by atoms with Gasteiger partial charge in [0.25, 0.3) is 5.91 Å². The SMILES string of the molecule is C[C@@H](OC(=O)CCCNC(=O)OC(C)(C)C)C(=O)Nc1ccc(F)cc1. The zero-order chi connectivity index (χ0) is 19.7. The molecule has 0 aliphatic heterocycles. The summed E-state index contributed by atoms with van der Waals surface area (Å²) in [4.78, 5) is 35.1. The molecule has 0 fully saturated rings. The molecule has 0 bridgehead atoms. The summed E-state index contributed by atoms with van der Waals surface area (Å²) >= 11 is 0. The van der Waals surface area contributed by atoms with Crippen molar-refractivity contribution >= 4 is 23.7 Å². The first-order valence-electron chi connectivity index (χ1n) is 8.29. The molecule has 1 aromatic rings. The van der Waals surface area contributed by atoms with Crippen LogP contribution in [-0.4, -0.2) is 36.2 Å². The average molecular weight is 368 g/mol. The lowest BCUT2D eigenvalue weighted by molar-refractivity contribution is -0.153. The number of hydrogen-bond acceptors (Lipinski definition) is 5. The Morgan fingerprint density at radius 1 is 1.15 bits per heavy atom. The summed E-state index contributed by atoms with van der Waals surface area (Å²) in [5.74, 6) is -1.49. The van der Waals surface area contributed by atoms with E-state index < -0.39 is 35.5 Å². The maximum atomic E-state index is 12.8. The van der Waals surface area contributed by atoms with E-state index in [1.807, 2.05) is 0 Å². The van der Waals surface area contributed by atoms with Crippen LogP contribution in [0.4, 0.5) is 14.9 Å². The third-order valence-corrected chi connectivity index (χ3v) is 3.02. The van der Waals surface area contributed by atoms with E-state index in [4.69, 9.17) is 9.47 Å². The van der Waals surface area contributed by atoms with Crippen molar-refractivity contribution in [1.82, 2.24) is 5.32 Å². The van der Waals surface area contributed by atoms with Crippen molar-refractivity contribution in [3.05, 3.63) is 30.1 Å². The van der Waals surface area contributed by atoms with Gasteiger partial charge in [-0.05, 0) is 58.4 Å². The minimum Gasteiger partial charge on any atom is -0.453 e. The molecular formula is C18H25FN2O5. The zero-order valence-corrected chi connectivity index (χ0v) is 15.4. The summed E-state index contributed by atoms with van der Waals surface area (Å²) < 4.78 is 22.9. The molecule has 1 atom stereocenters. The van der Waals surface area contributed by atoms with E-state index in [1.54, 1.807) is 20.8 Å². The Kier molecular flexibility index (Phi) is 8.02. The molecule has 0 unspecified atom stereocenters. The number of carbonyl (C=O) groups excluding carboxylic acids is 3. The predicted octanol–water partition coefficient (Wildman–Crippen LogP) is 3.00. The lowest BCUT2D eigenvalue weighted by Gasteiger charge is -2.19. The number of benzene rings is 1. The highest BCUT2D eigenvalue weighted by Gasteiger charge is 2.18. The molecule has 2 amide bonds. The van der Waals surface area contributed by atoms with Crippen molar-refractivity contribution in [1.29, 1.82) is 0 Å². The Balaban J connectivity index is 2.26. The van der Waals surface area contributed by atoms with Gasteiger partial charge in [0.1, 0.15) is 11.4 Å². The summed E-state index contributed by atoms with van der Waals surface area (Å²) in [5.41, 5.74) is -0.183. The fourth-order valence-electron chi connectivity index (χ4n) is 1.82. The number of carbonyl (C=O) groups is 3. The fourth-order valence-corrected chi connectivity index (χ4v) is 1.82. The van der Waals surface area contributed by atoms with E-state index in [9.17, 15) is 18.8 Å². The molecule has 144 valence electrons. The fraction of sp³-hybridized carbons (Fsp3) is 0.500. The van der Waals surface area contributed by atoms with Crippen molar-refractivity contribution in [3.8, 4) is 0 Å². The van der Waals surface area contributed by atoms with Crippen LogP contribution in [-0.2, 0) is 19.1 Å². The van der Waals surface area contributed by atoms with Crippen molar-refractivity contribution < 1.29 is 28.2 Å². The van der Waals surface area contributed by atoms with Crippen LogP contribution in [0.5, 0.6) is 0 Å². The largest absolute Gasteiger partial charge is 0.453 e. The molecule has 1 rings (SSSR count). The summed E-state index contributed by atoms with van der Waals surface area (Å²) in [5, 5.41) is 5.05. The number of alkyl carbamates (subject to hydrolysis) is 1. The van der Waals surface area contributed by atoms with Gasteiger partial charge in [-0.1, -0.05) is 0 Å². The van der Waals surface area contributed by atoms with Crippen LogP contribution in [0, 0.1) is 5.82 Å². The molecule has 0 aliphatic carbocycles. The maximum Gasteiger partial charge on any atom is 0.407 e. The van der Waals surface area contributed by atoms with E-state index in [2.05, 4.69) is 10.6 Å². The second-order valence-electron chi connectivity index (χ2n) is 6.66. The van der Waals surface area contributed by atoms with Crippen LogP contribution < -0.4 is 10.6 Å². The van der Waals surface area contributed by atoms with Gasteiger partial charge in [-0.15, -0.1) is 0 Å². The molecule has 0 heterocycles. The normalized spacial score (nSPS) is 12.0. The molecule has 0 saturated heterocycles. The van der Waals surface area contributed by atoms with Gasteiger partial charge in [-0.3, -0.25) is 9.59 Å². The first-order valence-corrected chi connectivity index (χ1v) is 8.29. The quantitative estimate of drug-likeness (QED) is 0.570. The minimum absolute atomic E-state index is 0.0456. The zero-order valence-electron chi connectivity index (χ0n) is 15.4. The molecule has 0 radical (unpaired) electrons. The van der Waals surface area contributed by atoms with Crippen LogP contribution >= 0.6 is 0 Å². The van der Waals surface area contributed by atoms with Crippen LogP contribution in [0.15, 0.2) is 24.3 Å². The number of ether oxygens (including phenoxy) is 2. The monoisotopic (exact) mass is 368 g/mol. The smallest absolute Gasteiger partial charge is 0.407 e. The number of esters is 1. The highest BCUT2D eigenvalue weighted by atomic mass is 19.1. The number of halogens is 1. The van der Waals surface area contributed by atoms with Gasteiger partial charge in [0.15, 0.2) is 6.10 Å². The Labute approximate surface area is 152 Å². The number of hydrogen-bond donors (Lipinski definition) is 2. The number of amides is 2. The molecule has 8 heteroatoms. The lowest BCUT2D eigenvalue weighted by Crippen LogP contribution is -2.33. The number of rotatable bonds is 7. The lowest BCUT2D eigenvalue weighted by atomic mass is 10.2. The molecular weight excluding hydrogens is 343 g/mol. The number of anilines is 1. The second kappa shape index (κ2) is 9.74. The molecule has 26 heavy (non-hydrogen) atoms. The van der Waals surface area contributed by atoms with Gasteiger partial charge >= 0.3 is 12.1 Å². The van der Waals surface area contributed by atoms with E-state index in [1.165, 1.54) is 31.2 Å². The summed E-state index contributed by atoms with van der Waals surface area (Å²) in [6.45, 7) is 6.95. The predicted molar refractivity (Wildman–Crippen MR) is 94.1 cm³/mol. The second-order valence-corrected chi connectivity index (χ2v) is 6.66. The third kappa shape index (κ3) is 9.00. The highest BCUT2D eigenvalue weighted by Crippen LogP contribution is 2.10. The van der Waals surface area contributed by atoms with E-state index >= 15 is 0 Å². The van der Waals surface area contributed by atoms with Gasteiger partial charge in [0, 0.05) is 18.7 Å². The van der Waals surface area contributed by atoms with Crippen LogP contribution in [0.3, 0.4) is 0 Å². The molecule has 2 N–H and O–H groups in total. The Morgan fingerprint density at radius 2 is 1.77 bits per heavy atom. The standard InChI is InChI=1S/C18H25FN2O5/c1-12(16(23)21-14-9-7-13(19)8-10-14)25-15(22)6-5-11-20-17(24)26-18(2,3)4/h7-10,12H,5-6,11H2,1-4H3,(H,20,24)(H,21,23)/t12-/m1/s1. The van der Waals surface area contributed by atoms with Crippen molar-refractivity contribution in [2.45, 2.75) is 52.2 Å². The molecule has 0 aromatic heterocycles. The Bertz CT molecular complexity index is 625. The van der Waals surface area contributed by atoms with E-state index in [0.717, 1.165) is 0 Å². The van der Waals surface area contributed by atoms with Gasteiger partial charge in [-0.25, -0.2) is 9.18 Å². The summed E-state index contributed by atoms with van der Waals surface area (Å²) in [6.07, 6.45) is -1.15. The van der Waals surface area contributed by atoms with Crippen LogP contribution in [0.2, 0.25) is 0 Å². The molecule has 0 spiro atoms. The molecule has 7 nitrogen and oxygen atoms in total. The van der Waals surface area contributed by atoms with Crippen molar-refractivity contribution in [3.63, 3.8) is 0 Å². The summed E-state index contributed by atoms with van der Waals surface area (Å²) in [7, 11) is 0. The topological polar surface area (TPSA) is 93.7 Å². The van der Waals surface area contributed by atoms with Crippen LogP contribution in [0.25, 0.3) is 0 Å². The highest BCUT2D eigenvalue weighted by molar-refractivity contribution is 5.95. The van der Waals surface area contributed by atoms with Gasteiger partial charge in [0.05, 0.1) is 0 Å². The molecule has 0 aliphatic rings. The van der Waals surface area contributed by atoms with E-state index in [-0.39, 0.29) is 13.0 Å². The van der Waals surface area contributed by atoms with Crippen molar-refractivity contribution in [2.75, 3.05) is 11.9 Å². The van der Waals surface area contributed by atoms with Gasteiger partial charge in [0.2, 0.25) is 0 Å². The maximum absolute atomic E-state index is 12.8. The van der Waals surface area contributed by atoms with Gasteiger partial charge in [-0.2, -0.15) is 0 Å². The minimum atomic E-state index is -0.994.